The largest absolute Gasteiger partial charge is 0.497 e. The molecule has 2 saturated heterocycles. The Bertz CT molecular complexity index is 582. The Morgan fingerprint density at radius 2 is 2.08 bits per heavy atom. The van der Waals surface area contributed by atoms with Gasteiger partial charge in [0, 0.05) is 13.1 Å². The average molecular weight is 331 g/mol. The fourth-order valence-electron chi connectivity index (χ4n) is 3.33. The van der Waals surface area contributed by atoms with Crippen molar-refractivity contribution in [3.63, 3.8) is 0 Å². The van der Waals surface area contributed by atoms with Gasteiger partial charge in [-0.2, -0.15) is 0 Å². The SMILES string of the molecule is COc1ccc(CN2CCC(NC(=O)C3CCCCN3)C2=O)cc1. The van der Waals surface area contributed by atoms with Crippen molar-refractivity contribution in [2.45, 2.75) is 44.3 Å². The van der Waals surface area contributed by atoms with E-state index < -0.39 is 0 Å². The quantitative estimate of drug-likeness (QED) is 0.846. The topological polar surface area (TPSA) is 70.7 Å². The van der Waals surface area contributed by atoms with Gasteiger partial charge in [0.05, 0.1) is 13.2 Å². The Balaban J connectivity index is 1.53. The number of hydrogen-bond acceptors (Lipinski definition) is 4. The molecule has 1 aromatic carbocycles. The summed E-state index contributed by atoms with van der Waals surface area (Å²) in [6.07, 6.45) is 3.70. The summed E-state index contributed by atoms with van der Waals surface area (Å²) in [5.74, 6) is 0.769. The van der Waals surface area contributed by atoms with E-state index in [2.05, 4.69) is 10.6 Å². The van der Waals surface area contributed by atoms with E-state index in [9.17, 15) is 9.59 Å². The van der Waals surface area contributed by atoms with Gasteiger partial charge in [-0.15, -0.1) is 0 Å². The van der Waals surface area contributed by atoms with Gasteiger partial charge in [-0.25, -0.2) is 0 Å². The first-order valence-electron chi connectivity index (χ1n) is 8.63. The Morgan fingerprint density at radius 1 is 1.29 bits per heavy atom. The van der Waals surface area contributed by atoms with Crippen LogP contribution in [0, 0.1) is 0 Å². The molecule has 0 radical (unpaired) electrons. The number of methoxy groups -OCH3 is 1. The van der Waals surface area contributed by atoms with Crippen molar-refractivity contribution in [3.05, 3.63) is 29.8 Å². The number of carbonyl (C=O) groups excluding carboxylic acids is 2. The Hall–Kier alpha value is -2.08. The van der Waals surface area contributed by atoms with E-state index in [4.69, 9.17) is 4.74 Å². The van der Waals surface area contributed by atoms with Crippen LogP contribution in [0.5, 0.6) is 5.75 Å². The molecule has 2 N–H and O–H groups in total. The fraction of sp³-hybridized carbons (Fsp3) is 0.556. The standard InChI is InChI=1S/C18H25N3O3/c1-24-14-7-5-13(6-8-14)12-21-11-9-16(18(21)23)20-17(22)15-4-2-3-10-19-15/h5-8,15-16,19H,2-4,9-12H2,1H3,(H,20,22). The number of amides is 2. The second-order valence-corrected chi connectivity index (χ2v) is 6.46. The minimum Gasteiger partial charge on any atom is -0.497 e. The van der Waals surface area contributed by atoms with Crippen LogP contribution in [0.1, 0.15) is 31.2 Å². The highest BCUT2D eigenvalue weighted by Gasteiger charge is 2.34. The summed E-state index contributed by atoms with van der Waals surface area (Å²) in [6, 6.07) is 7.17. The molecule has 0 aliphatic carbocycles. The molecule has 6 heteroatoms. The van der Waals surface area contributed by atoms with Crippen molar-refractivity contribution < 1.29 is 14.3 Å². The fourth-order valence-corrected chi connectivity index (χ4v) is 3.33. The van der Waals surface area contributed by atoms with E-state index in [1.54, 1.807) is 12.0 Å². The van der Waals surface area contributed by atoms with Gasteiger partial charge in [0.1, 0.15) is 11.8 Å². The molecular formula is C18H25N3O3. The van der Waals surface area contributed by atoms with E-state index in [1.807, 2.05) is 24.3 Å². The van der Waals surface area contributed by atoms with Crippen molar-refractivity contribution in [2.75, 3.05) is 20.2 Å². The molecule has 2 fully saturated rings. The van der Waals surface area contributed by atoms with Crippen LogP contribution in [-0.4, -0.2) is 49.0 Å². The Labute approximate surface area is 142 Å². The van der Waals surface area contributed by atoms with Gasteiger partial charge in [-0.3, -0.25) is 9.59 Å². The Kier molecular flexibility index (Phi) is 5.35. The minimum absolute atomic E-state index is 0.00924. The van der Waals surface area contributed by atoms with Crippen molar-refractivity contribution in [1.82, 2.24) is 15.5 Å². The molecule has 2 heterocycles. The summed E-state index contributed by atoms with van der Waals surface area (Å²) in [7, 11) is 1.63. The predicted molar refractivity (Wildman–Crippen MR) is 90.6 cm³/mol. The lowest BCUT2D eigenvalue weighted by atomic mass is 10.0. The van der Waals surface area contributed by atoms with Crippen LogP contribution in [0.4, 0.5) is 0 Å². The van der Waals surface area contributed by atoms with Gasteiger partial charge in [-0.1, -0.05) is 18.6 Å². The van der Waals surface area contributed by atoms with Crippen LogP contribution >= 0.6 is 0 Å². The Morgan fingerprint density at radius 3 is 2.75 bits per heavy atom. The maximum Gasteiger partial charge on any atom is 0.245 e. The number of ether oxygens (including phenoxy) is 1. The smallest absolute Gasteiger partial charge is 0.245 e. The van der Waals surface area contributed by atoms with Crippen LogP contribution in [0.15, 0.2) is 24.3 Å². The molecule has 0 spiro atoms. The second kappa shape index (κ2) is 7.66. The highest BCUT2D eigenvalue weighted by Crippen LogP contribution is 2.18. The zero-order chi connectivity index (χ0) is 16.9. The van der Waals surface area contributed by atoms with Gasteiger partial charge >= 0.3 is 0 Å². The van der Waals surface area contributed by atoms with Gasteiger partial charge in [0.25, 0.3) is 0 Å². The second-order valence-electron chi connectivity index (χ2n) is 6.46. The predicted octanol–water partition coefficient (Wildman–Crippen LogP) is 1.05. The lowest BCUT2D eigenvalue weighted by Gasteiger charge is -2.24. The highest BCUT2D eigenvalue weighted by molar-refractivity contribution is 5.91. The number of likely N-dealkylation sites (tertiary alicyclic amines) is 1. The summed E-state index contributed by atoms with van der Waals surface area (Å²) in [5, 5.41) is 6.14. The molecule has 0 aromatic heterocycles. The lowest BCUT2D eigenvalue weighted by molar-refractivity contribution is -0.133. The van der Waals surface area contributed by atoms with E-state index >= 15 is 0 Å². The lowest BCUT2D eigenvalue weighted by Crippen LogP contribution is -2.51. The molecule has 2 unspecified atom stereocenters. The highest BCUT2D eigenvalue weighted by atomic mass is 16.5. The van der Waals surface area contributed by atoms with Gasteiger partial charge in [0.15, 0.2) is 0 Å². The summed E-state index contributed by atoms with van der Waals surface area (Å²) >= 11 is 0. The maximum absolute atomic E-state index is 12.5. The number of carbonyl (C=O) groups is 2. The first kappa shape index (κ1) is 16.8. The van der Waals surface area contributed by atoms with Crippen molar-refractivity contribution >= 4 is 11.8 Å². The van der Waals surface area contributed by atoms with E-state index in [1.165, 1.54) is 0 Å². The third kappa shape index (κ3) is 3.87. The van der Waals surface area contributed by atoms with Crippen LogP contribution in [-0.2, 0) is 16.1 Å². The van der Waals surface area contributed by atoms with Gasteiger partial charge in [0.2, 0.25) is 11.8 Å². The molecule has 0 bridgehead atoms. The van der Waals surface area contributed by atoms with Crippen LogP contribution in [0.25, 0.3) is 0 Å². The van der Waals surface area contributed by atoms with Crippen molar-refractivity contribution in [3.8, 4) is 5.75 Å². The first-order valence-corrected chi connectivity index (χ1v) is 8.63. The molecule has 6 nitrogen and oxygen atoms in total. The number of rotatable bonds is 5. The first-order chi connectivity index (χ1) is 11.7. The summed E-state index contributed by atoms with van der Waals surface area (Å²) in [6.45, 7) is 2.12. The summed E-state index contributed by atoms with van der Waals surface area (Å²) in [5.41, 5.74) is 1.06. The number of benzene rings is 1. The molecule has 2 atom stereocenters. The van der Waals surface area contributed by atoms with E-state index in [0.717, 1.165) is 37.1 Å². The van der Waals surface area contributed by atoms with Crippen molar-refractivity contribution in [1.29, 1.82) is 0 Å². The van der Waals surface area contributed by atoms with Crippen LogP contribution in [0.3, 0.4) is 0 Å². The van der Waals surface area contributed by atoms with Gasteiger partial charge in [-0.05, 0) is 43.5 Å². The van der Waals surface area contributed by atoms with Crippen LogP contribution in [0.2, 0.25) is 0 Å². The number of nitrogens with zero attached hydrogens (tertiary/aromatic N) is 1. The minimum atomic E-state index is -0.389. The van der Waals surface area contributed by atoms with E-state index in [0.29, 0.717) is 19.5 Å². The molecule has 3 rings (SSSR count). The van der Waals surface area contributed by atoms with Gasteiger partial charge < -0.3 is 20.3 Å². The molecule has 2 aliphatic rings. The summed E-state index contributed by atoms with van der Waals surface area (Å²) < 4.78 is 5.14. The van der Waals surface area contributed by atoms with Crippen molar-refractivity contribution in [2.24, 2.45) is 0 Å². The molecule has 2 amide bonds. The molecule has 24 heavy (non-hydrogen) atoms. The normalized spacial score (nSPS) is 24.0. The molecule has 0 saturated carbocycles. The zero-order valence-electron chi connectivity index (χ0n) is 14.1. The third-order valence-electron chi connectivity index (χ3n) is 4.77. The molecule has 1 aromatic rings. The molecular weight excluding hydrogens is 306 g/mol. The summed E-state index contributed by atoms with van der Waals surface area (Å²) in [4.78, 5) is 26.6. The van der Waals surface area contributed by atoms with E-state index in [-0.39, 0.29) is 23.9 Å². The zero-order valence-corrected chi connectivity index (χ0v) is 14.1. The molecule has 2 aliphatic heterocycles. The third-order valence-corrected chi connectivity index (χ3v) is 4.77. The number of piperidine rings is 1. The average Bonchev–Trinajstić information content (AvgIpc) is 2.96. The molecule has 130 valence electrons. The maximum atomic E-state index is 12.5. The monoisotopic (exact) mass is 331 g/mol. The van der Waals surface area contributed by atoms with Crippen LogP contribution < -0.4 is 15.4 Å². The number of nitrogens with one attached hydrogen (secondary N) is 2. The number of hydrogen-bond donors (Lipinski definition) is 2.